The summed E-state index contributed by atoms with van der Waals surface area (Å²) in [5, 5.41) is 3.87. The van der Waals surface area contributed by atoms with E-state index in [4.69, 9.17) is 10.3 Å². The molecule has 0 saturated heterocycles. The first-order chi connectivity index (χ1) is 10.6. The molecule has 0 radical (unpaired) electrons. The van der Waals surface area contributed by atoms with Gasteiger partial charge in [-0.05, 0) is 38.1 Å². The van der Waals surface area contributed by atoms with Crippen LogP contribution in [0.1, 0.15) is 25.8 Å². The van der Waals surface area contributed by atoms with Crippen molar-refractivity contribution in [2.45, 2.75) is 26.4 Å². The number of nitrogens with two attached hydrogens (primary N) is 1. The van der Waals surface area contributed by atoms with Gasteiger partial charge in [0.05, 0.1) is 12.2 Å². The van der Waals surface area contributed by atoms with E-state index in [2.05, 4.69) is 10.1 Å². The molecule has 0 spiro atoms. The van der Waals surface area contributed by atoms with Gasteiger partial charge in [-0.3, -0.25) is 9.13 Å². The molecule has 2 aromatic heterocycles. The predicted molar refractivity (Wildman–Crippen MR) is 81.6 cm³/mol. The van der Waals surface area contributed by atoms with Crippen LogP contribution in [0.2, 0.25) is 0 Å². The Labute approximate surface area is 127 Å². The molecule has 0 bridgehead atoms. The van der Waals surface area contributed by atoms with E-state index in [0.717, 1.165) is 11.3 Å². The molecule has 0 amide bonds. The Bertz CT molecular complexity index is 826. The lowest BCUT2D eigenvalue weighted by atomic mass is 10.2. The second-order valence-corrected chi connectivity index (χ2v) is 5.21. The maximum Gasteiger partial charge on any atom is 0.332 e. The summed E-state index contributed by atoms with van der Waals surface area (Å²) >= 11 is 0. The molecule has 3 aromatic rings. The van der Waals surface area contributed by atoms with Crippen LogP contribution in [-0.4, -0.2) is 19.3 Å². The third-order valence-electron chi connectivity index (χ3n) is 3.41. The minimum Gasteiger partial charge on any atom is -0.338 e. The summed E-state index contributed by atoms with van der Waals surface area (Å²) in [4.78, 5) is 16.5. The number of nitrogens with zero attached hydrogens (tertiary/aromatic N) is 4. The van der Waals surface area contributed by atoms with Crippen LogP contribution in [0.5, 0.6) is 0 Å². The third-order valence-corrected chi connectivity index (χ3v) is 3.41. The molecular formula is C15H17N5O2. The molecule has 0 aliphatic carbocycles. The molecule has 7 nitrogen and oxygen atoms in total. The zero-order valence-corrected chi connectivity index (χ0v) is 12.4. The fourth-order valence-electron chi connectivity index (χ4n) is 2.21. The maximum absolute atomic E-state index is 12.3. The van der Waals surface area contributed by atoms with Crippen molar-refractivity contribution in [3.63, 3.8) is 0 Å². The molecule has 0 saturated carbocycles. The van der Waals surface area contributed by atoms with E-state index in [1.54, 1.807) is 21.5 Å². The summed E-state index contributed by atoms with van der Waals surface area (Å²) in [6.45, 7) is 4.16. The highest BCUT2D eigenvalue weighted by Gasteiger charge is 2.10. The minimum absolute atomic E-state index is 0.0623. The van der Waals surface area contributed by atoms with Crippen LogP contribution < -0.4 is 11.4 Å². The quantitative estimate of drug-likeness (QED) is 0.792. The largest absolute Gasteiger partial charge is 0.338 e. The second kappa shape index (κ2) is 5.61. The normalized spacial score (nSPS) is 11.3. The Kier molecular flexibility index (Phi) is 3.64. The Morgan fingerprint density at radius 2 is 1.95 bits per heavy atom. The highest BCUT2D eigenvalue weighted by Crippen LogP contribution is 2.18. The van der Waals surface area contributed by atoms with Gasteiger partial charge in [-0.1, -0.05) is 5.16 Å². The third kappa shape index (κ3) is 2.46. The summed E-state index contributed by atoms with van der Waals surface area (Å²) in [6.07, 6.45) is 3.55. The van der Waals surface area contributed by atoms with Crippen LogP contribution in [-0.2, 0) is 6.54 Å². The van der Waals surface area contributed by atoms with Gasteiger partial charge in [0.2, 0.25) is 11.7 Å². The first kappa shape index (κ1) is 14.3. The Morgan fingerprint density at radius 3 is 2.50 bits per heavy atom. The molecule has 0 fully saturated rings. The number of benzene rings is 1. The number of hydrogen-bond acceptors (Lipinski definition) is 5. The Balaban J connectivity index is 1.93. The van der Waals surface area contributed by atoms with Crippen LogP contribution >= 0.6 is 0 Å². The smallest absolute Gasteiger partial charge is 0.332 e. The SMILES string of the molecule is CC(C)n1ccn(-c2ccc(-c3noc(CN)n3)cc2)c1=O. The first-order valence-electron chi connectivity index (χ1n) is 7.03. The Hall–Kier alpha value is -2.67. The van der Waals surface area contributed by atoms with Gasteiger partial charge in [-0.25, -0.2) is 4.79 Å². The van der Waals surface area contributed by atoms with Crippen molar-refractivity contribution in [1.82, 2.24) is 19.3 Å². The van der Waals surface area contributed by atoms with Gasteiger partial charge in [0.1, 0.15) is 0 Å². The van der Waals surface area contributed by atoms with E-state index in [1.165, 1.54) is 0 Å². The molecular weight excluding hydrogens is 282 g/mol. The molecule has 0 unspecified atom stereocenters. The predicted octanol–water partition coefficient (Wildman–Crippen LogP) is 1.73. The van der Waals surface area contributed by atoms with E-state index in [-0.39, 0.29) is 18.3 Å². The number of imidazole rings is 1. The molecule has 3 rings (SSSR count). The van der Waals surface area contributed by atoms with E-state index in [0.29, 0.717) is 11.7 Å². The fourth-order valence-corrected chi connectivity index (χ4v) is 2.21. The molecule has 1 aromatic carbocycles. The summed E-state index contributed by atoms with van der Waals surface area (Å²) in [7, 11) is 0. The van der Waals surface area contributed by atoms with E-state index in [1.807, 2.05) is 38.1 Å². The average molecular weight is 299 g/mol. The van der Waals surface area contributed by atoms with E-state index in [9.17, 15) is 4.79 Å². The van der Waals surface area contributed by atoms with Crippen LogP contribution in [0.15, 0.2) is 46.0 Å². The van der Waals surface area contributed by atoms with E-state index >= 15 is 0 Å². The molecule has 0 aliphatic rings. The molecule has 2 N–H and O–H groups in total. The van der Waals surface area contributed by atoms with Crippen LogP contribution in [0.25, 0.3) is 17.1 Å². The summed E-state index contributed by atoms with van der Waals surface area (Å²) in [5.74, 6) is 0.878. The number of hydrogen-bond donors (Lipinski definition) is 1. The van der Waals surface area contributed by atoms with Crippen molar-refractivity contribution in [3.8, 4) is 17.1 Å². The van der Waals surface area contributed by atoms with Gasteiger partial charge in [0.15, 0.2) is 0 Å². The molecule has 2 heterocycles. The van der Waals surface area contributed by atoms with E-state index < -0.39 is 0 Å². The summed E-state index contributed by atoms with van der Waals surface area (Å²) < 4.78 is 8.27. The van der Waals surface area contributed by atoms with Gasteiger partial charge >= 0.3 is 5.69 Å². The lowest BCUT2D eigenvalue weighted by molar-refractivity contribution is 0.380. The van der Waals surface area contributed by atoms with Crippen LogP contribution in [0, 0.1) is 0 Å². The number of rotatable bonds is 4. The number of aromatic nitrogens is 4. The van der Waals surface area contributed by atoms with Gasteiger partial charge in [-0.15, -0.1) is 0 Å². The minimum atomic E-state index is -0.0623. The average Bonchev–Trinajstić information content (AvgIpc) is 3.14. The van der Waals surface area contributed by atoms with Crippen molar-refractivity contribution >= 4 is 0 Å². The van der Waals surface area contributed by atoms with Gasteiger partial charge in [-0.2, -0.15) is 4.98 Å². The van der Waals surface area contributed by atoms with Crippen LogP contribution in [0.4, 0.5) is 0 Å². The van der Waals surface area contributed by atoms with Crippen LogP contribution in [0.3, 0.4) is 0 Å². The lowest BCUT2D eigenvalue weighted by Gasteiger charge is -2.05. The molecule has 7 heteroatoms. The zero-order chi connectivity index (χ0) is 15.7. The standard InChI is InChI=1S/C15H17N5O2/c1-10(2)19-7-8-20(15(19)21)12-5-3-11(4-6-12)14-17-13(9-16)22-18-14/h3-8,10H,9,16H2,1-2H3. The lowest BCUT2D eigenvalue weighted by Crippen LogP contribution is -2.24. The van der Waals surface area contributed by atoms with Crippen molar-refractivity contribution in [1.29, 1.82) is 0 Å². The summed E-state index contributed by atoms with van der Waals surface area (Å²) in [6, 6.07) is 7.51. The van der Waals surface area contributed by atoms with Crippen molar-refractivity contribution in [3.05, 3.63) is 53.0 Å². The van der Waals surface area contributed by atoms with Crippen molar-refractivity contribution in [2.75, 3.05) is 0 Å². The fraction of sp³-hybridized carbons (Fsp3) is 0.267. The second-order valence-electron chi connectivity index (χ2n) is 5.21. The molecule has 22 heavy (non-hydrogen) atoms. The summed E-state index contributed by atoms with van der Waals surface area (Å²) in [5.41, 5.74) is 6.98. The molecule has 0 aliphatic heterocycles. The maximum atomic E-state index is 12.3. The Morgan fingerprint density at radius 1 is 1.23 bits per heavy atom. The van der Waals surface area contributed by atoms with Gasteiger partial charge in [0.25, 0.3) is 0 Å². The highest BCUT2D eigenvalue weighted by molar-refractivity contribution is 5.56. The van der Waals surface area contributed by atoms with Gasteiger partial charge in [0, 0.05) is 24.0 Å². The zero-order valence-electron chi connectivity index (χ0n) is 12.4. The molecule has 114 valence electrons. The van der Waals surface area contributed by atoms with Gasteiger partial charge < -0.3 is 10.3 Å². The van der Waals surface area contributed by atoms with Crippen molar-refractivity contribution < 1.29 is 4.52 Å². The molecule has 0 atom stereocenters. The first-order valence-corrected chi connectivity index (χ1v) is 7.03. The van der Waals surface area contributed by atoms with Crippen molar-refractivity contribution in [2.24, 2.45) is 5.73 Å². The monoisotopic (exact) mass is 299 g/mol. The topological polar surface area (TPSA) is 91.9 Å². The highest BCUT2D eigenvalue weighted by atomic mass is 16.5.